The molecule has 0 aliphatic carbocycles. The zero-order chi connectivity index (χ0) is 17.1. The number of benzene rings is 2. The number of nitrogens with one attached hydrogen (secondary N) is 1. The van der Waals surface area contributed by atoms with Gasteiger partial charge in [0.05, 0.1) is 0 Å². The second-order valence-electron chi connectivity index (χ2n) is 5.43. The van der Waals surface area contributed by atoms with E-state index in [0.29, 0.717) is 11.4 Å². The Labute approximate surface area is 143 Å². The van der Waals surface area contributed by atoms with Crippen LogP contribution in [0.1, 0.15) is 5.76 Å². The largest absolute Gasteiger partial charge is 0.457 e. The summed E-state index contributed by atoms with van der Waals surface area (Å²) in [4.78, 5) is 12.0. The van der Waals surface area contributed by atoms with E-state index in [-0.39, 0.29) is 5.91 Å². The Balaban J connectivity index is 1.43. The van der Waals surface area contributed by atoms with Crippen LogP contribution in [0.4, 0.5) is 5.69 Å². The minimum absolute atomic E-state index is 0.225. The molecule has 6 heteroatoms. The highest BCUT2D eigenvalue weighted by Crippen LogP contribution is 2.19. The van der Waals surface area contributed by atoms with Gasteiger partial charge in [0, 0.05) is 22.8 Å². The van der Waals surface area contributed by atoms with Crippen LogP contribution in [0, 0.1) is 0 Å². The molecule has 4 aromatic rings. The summed E-state index contributed by atoms with van der Waals surface area (Å²) in [5.74, 6) is 0.414. The van der Waals surface area contributed by atoms with Gasteiger partial charge in [-0.1, -0.05) is 18.2 Å². The summed E-state index contributed by atoms with van der Waals surface area (Å²) in [5, 5.41) is 11.3. The van der Waals surface area contributed by atoms with Gasteiger partial charge < -0.3 is 9.73 Å². The number of amides is 1. The minimum atomic E-state index is -0.225. The maximum Gasteiger partial charge on any atom is 0.248 e. The third-order valence-corrected chi connectivity index (χ3v) is 3.70. The molecule has 0 radical (unpaired) electrons. The zero-order valence-electron chi connectivity index (χ0n) is 13.2. The first kappa shape index (κ1) is 14.9. The minimum Gasteiger partial charge on any atom is -0.457 e. The molecule has 0 saturated carbocycles. The van der Waals surface area contributed by atoms with Crippen LogP contribution in [0.25, 0.3) is 22.7 Å². The van der Waals surface area contributed by atoms with Crippen molar-refractivity contribution in [3.8, 4) is 5.69 Å². The Morgan fingerprint density at radius 2 is 1.80 bits per heavy atom. The van der Waals surface area contributed by atoms with Crippen molar-refractivity contribution in [2.24, 2.45) is 0 Å². The van der Waals surface area contributed by atoms with Crippen molar-refractivity contribution in [3.63, 3.8) is 0 Å². The van der Waals surface area contributed by atoms with E-state index in [1.807, 2.05) is 54.6 Å². The van der Waals surface area contributed by atoms with E-state index in [1.54, 1.807) is 23.3 Å². The molecule has 2 aromatic heterocycles. The predicted octanol–water partition coefficient (Wildman–Crippen LogP) is 3.67. The van der Waals surface area contributed by atoms with Crippen molar-refractivity contribution < 1.29 is 9.21 Å². The third-order valence-electron chi connectivity index (χ3n) is 3.70. The van der Waals surface area contributed by atoms with Crippen molar-refractivity contribution in [1.82, 2.24) is 14.8 Å². The zero-order valence-corrected chi connectivity index (χ0v) is 13.2. The fraction of sp³-hybridized carbons (Fsp3) is 0. The summed E-state index contributed by atoms with van der Waals surface area (Å²) >= 11 is 0. The van der Waals surface area contributed by atoms with Gasteiger partial charge in [0.25, 0.3) is 0 Å². The second kappa shape index (κ2) is 6.45. The molecule has 0 bridgehead atoms. The molecular weight excluding hydrogens is 316 g/mol. The van der Waals surface area contributed by atoms with Crippen molar-refractivity contribution >= 4 is 28.6 Å². The summed E-state index contributed by atoms with van der Waals surface area (Å²) in [6.07, 6.45) is 6.33. The van der Waals surface area contributed by atoms with Crippen molar-refractivity contribution in [2.75, 3.05) is 5.32 Å². The molecule has 0 unspecified atom stereocenters. The first-order valence-corrected chi connectivity index (χ1v) is 7.71. The lowest BCUT2D eigenvalue weighted by atomic mass is 10.2. The van der Waals surface area contributed by atoms with Crippen LogP contribution in [0.2, 0.25) is 0 Å². The van der Waals surface area contributed by atoms with E-state index in [0.717, 1.165) is 16.7 Å². The fourth-order valence-electron chi connectivity index (χ4n) is 2.48. The molecule has 2 aromatic carbocycles. The SMILES string of the molecule is O=C(/C=C/c1cc2ccccc2o1)Nc1ccc(-n2cnnc2)cc1. The number of carbonyl (C=O) groups excluding carboxylic acids is 1. The van der Waals surface area contributed by atoms with E-state index in [1.165, 1.54) is 6.08 Å². The predicted molar refractivity (Wildman–Crippen MR) is 95.2 cm³/mol. The first-order valence-electron chi connectivity index (χ1n) is 7.71. The number of hydrogen-bond donors (Lipinski definition) is 1. The van der Waals surface area contributed by atoms with Crippen LogP contribution in [0.15, 0.2) is 77.7 Å². The van der Waals surface area contributed by atoms with Crippen molar-refractivity contribution in [1.29, 1.82) is 0 Å². The molecule has 1 N–H and O–H groups in total. The smallest absolute Gasteiger partial charge is 0.248 e. The molecular formula is C19H14N4O2. The topological polar surface area (TPSA) is 73.0 Å². The number of nitrogens with zero attached hydrogens (tertiary/aromatic N) is 3. The van der Waals surface area contributed by atoms with Crippen LogP contribution in [-0.2, 0) is 4.79 Å². The maximum absolute atomic E-state index is 12.0. The monoisotopic (exact) mass is 330 g/mol. The molecule has 122 valence electrons. The van der Waals surface area contributed by atoms with Crippen LogP contribution in [0.5, 0.6) is 0 Å². The highest BCUT2D eigenvalue weighted by molar-refractivity contribution is 6.02. The lowest BCUT2D eigenvalue weighted by Gasteiger charge is -2.04. The average molecular weight is 330 g/mol. The molecule has 4 rings (SSSR count). The normalized spacial score (nSPS) is 11.2. The van der Waals surface area contributed by atoms with Gasteiger partial charge in [0.15, 0.2) is 0 Å². The third kappa shape index (κ3) is 3.32. The molecule has 1 amide bonds. The van der Waals surface area contributed by atoms with Crippen LogP contribution >= 0.6 is 0 Å². The molecule has 25 heavy (non-hydrogen) atoms. The first-order chi connectivity index (χ1) is 12.3. The number of aromatic nitrogens is 3. The molecule has 0 aliphatic rings. The number of furan rings is 1. The molecule has 0 fully saturated rings. The summed E-state index contributed by atoms with van der Waals surface area (Å²) in [6.45, 7) is 0. The molecule has 2 heterocycles. The van der Waals surface area contributed by atoms with Crippen molar-refractivity contribution in [3.05, 3.63) is 79.1 Å². The maximum atomic E-state index is 12.0. The highest BCUT2D eigenvalue weighted by Gasteiger charge is 2.02. The summed E-state index contributed by atoms with van der Waals surface area (Å²) in [7, 11) is 0. The average Bonchev–Trinajstić information content (AvgIpc) is 3.30. The summed E-state index contributed by atoms with van der Waals surface area (Å²) < 4.78 is 7.43. The van der Waals surface area contributed by atoms with E-state index in [2.05, 4.69) is 15.5 Å². The quantitative estimate of drug-likeness (QED) is 0.580. The fourth-order valence-corrected chi connectivity index (χ4v) is 2.48. The summed E-state index contributed by atoms with van der Waals surface area (Å²) in [6, 6.07) is 17.0. The van der Waals surface area contributed by atoms with Gasteiger partial charge in [-0.25, -0.2) is 0 Å². The number of anilines is 1. The molecule has 0 spiro atoms. The van der Waals surface area contributed by atoms with Gasteiger partial charge in [0.1, 0.15) is 24.0 Å². The van der Waals surface area contributed by atoms with E-state index < -0.39 is 0 Å². The molecule has 0 saturated heterocycles. The van der Waals surface area contributed by atoms with Crippen LogP contribution < -0.4 is 5.32 Å². The van der Waals surface area contributed by atoms with Crippen molar-refractivity contribution in [2.45, 2.75) is 0 Å². The Hall–Kier alpha value is -3.67. The number of hydrogen-bond acceptors (Lipinski definition) is 4. The van der Waals surface area contributed by atoms with Crippen LogP contribution in [-0.4, -0.2) is 20.7 Å². The van der Waals surface area contributed by atoms with Gasteiger partial charge in [-0.2, -0.15) is 0 Å². The summed E-state index contributed by atoms with van der Waals surface area (Å²) in [5.41, 5.74) is 2.42. The number of para-hydroxylation sites is 1. The van der Waals surface area contributed by atoms with E-state index >= 15 is 0 Å². The Kier molecular flexibility index (Phi) is 3.84. The van der Waals surface area contributed by atoms with Crippen LogP contribution in [0.3, 0.4) is 0 Å². The molecule has 0 atom stereocenters. The van der Waals surface area contributed by atoms with E-state index in [4.69, 9.17) is 4.42 Å². The van der Waals surface area contributed by atoms with Gasteiger partial charge in [-0.05, 0) is 42.5 Å². The Morgan fingerprint density at radius 1 is 1.04 bits per heavy atom. The van der Waals surface area contributed by atoms with Gasteiger partial charge in [-0.3, -0.25) is 9.36 Å². The second-order valence-corrected chi connectivity index (χ2v) is 5.43. The highest BCUT2D eigenvalue weighted by atomic mass is 16.3. The number of rotatable bonds is 4. The van der Waals surface area contributed by atoms with Gasteiger partial charge in [0.2, 0.25) is 5.91 Å². The Morgan fingerprint density at radius 3 is 2.56 bits per heavy atom. The molecule has 0 aliphatic heterocycles. The standard InChI is InChI=1S/C19H14N4O2/c24-19(10-9-17-11-14-3-1-2-4-18(14)25-17)22-15-5-7-16(8-6-15)23-12-20-21-13-23/h1-13H,(H,22,24)/b10-9+. The van der Waals surface area contributed by atoms with Gasteiger partial charge >= 0.3 is 0 Å². The number of carbonyl (C=O) groups is 1. The lowest BCUT2D eigenvalue weighted by molar-refractivity contribution is -0.111. The lowest BCUT2D eigenvalue weighted by Crippen LogP contribution is -2.07. The number of fused-ring (bicyclic) bond motifs is 1. The Bertz CT molecular complexity index is 998. The van der Waals surface area contributed by atoms with Gasteiger partial charge in [-0.15, -0.1) is 10.2 Å². The van der Waals surface area contributed by atoms with E-state index in [9.17, 15) is 4.79 Å². The molecule has 6 nitrogen and oxygen atoms in total.